The molecule has 10 nitrogen and oxygen atoms in total. The number of carbonyl (C=O) groups is 2. The molecule has 15 heteroatoms. The number of alkyl halides is 3. The van der Waals surface area contributed by atoms with Gasteiger partial charge in [0.2, 0.25) is 17.4 Å². The third-order valence-electron chi connectivity index (χ3n) is 8.21. The fourth-order valence-electron chi connectivity index (χ4n) is 5.25. The fourth-order valence-corrected chi connectivity index (χ4v) is 5.51. The minimum atomic E-state index is -5.39. The summed E-state index contributed by atoms with van der Waals surface area (Å²) in [6.45, 7) is -0.340. The fraction of sp³-hybridized carbons (Fsp3) is 0.333. The summed E-state index contributed by atoms with van der Waals surface area (Å²) in [6.07, 6.45) is -3.43. The SMILES string of the molecule is COc1cc(C(=O)NCC(O)(c2cc3c(c(-c4ccc(F)cc4Cl)n2)OC[C@]3(C)C(N)=O)C(F)(F)F)cc2cc(C3CC3)nn12. The zero-order valence-electron chi connectivity index (χ0n) is 23.8. The largest absolute Gasteiger partial charge is 0.489 e. The van der Waals surface area contributed by atoms with Crippen molar-refractivity contribution in [3.63, 3.8) is 0 Å². The van der Waals surface area contributed by atoms with Crippen molar-refractivity contribution in [1.29, 1.82) is 0 Å². The van der Waals surface area contributed by atoms with E-state index < -0.39 is 47.1 Å². The van der Waals surface area contributed by atoms with Crippen LogP contribution in [-0.4, -0.2) is 58.0 Å². The number of rotatable bonds is 8. The Hall–Kier alpha value is -4.43. The number of methoxy groups -OCH3 is 1. The summed E-state index contributed by atoms with van der Waals surface area (Å²) in [5, 5.41) is 17.7. The maximum Gasteiger partial charge on any atom is 0.424 e. The molecule has 1 unspecified atom stereocenters. The van der Waals surface area contributed by atoms with Crippen LogP contribution in [0.1, 0.15) is 53.0 Å². The van der Waals surface area contributed by atoms with Crippen molar-refractivity contribution in [3.8, 4) is 22.9 Å². The minimum absolute atomic E-state index is 0.0229. The lowest BCUT2D eigenvalue weighted by atomic mass is 9.81. The number of amides is 2. The predicted molar refractivity (Wildman–Crippen MR) is 153 cm³/mol. The number of hydrogen-bond donors (Lipinski definition) is 3. The van der Waals surface area contributed by atoms with Crippen molar-refractivity contribution in [3.05, 3.63) is 75.8 Å². The molecule has 236 valence electrons. The minimum Gasteiger partial charge on any atom is -0.489 e. The third kappa shape index (κ3) is 5.11. The zero-order chi connectivity index (χ0) is 32.5. The predicted octanol–water partition coefficient (Wildman–Crippen LogP) is 4.39. The van der Waals surface area contributed by atoms with Crippen LogP contribution >= 0.6 is 11.6 Å². The molecule has 2 amide bonds. The number of benzene rings is 1. The second kappa shape index (κ2) is 10.6. The lowest BCUT2D eigenvalue weighted by molar-refractivity contribution is -0.265. The molecule has 4 N–H and O–H groups in total. The van der Waals surface area contributed by atoms with Crippen LogP contribution < -0.4 is 20.5 Å². The van der Waals surface area contributed by atoms with E-state index in [2.05, 4.69) is 15.4 Å². The number of aromatic nitrogens is 3. The molecule has 0 saturated heterocycles. The van der Waals surface area contributed by atoms with Gasteiger partial charge in [-0.25, -0.2) is 13.9 Å². The number of fused-ring (bicyclic) bond motifs is 2. The number of aliphatic hydroxyl groups is 1. The van der Waals surface area contributed by atoms with Gasteiger partial charge in [0.1, 0.15) is 29.3 Å². The number of nitrogens with one attached hydrogen (secondary N) is 1. The molecule has 0 bridgehead atoms. The van der Waals surface area contributed by atoms with Gasteiger partial charge in [0.25, 0.3) is 5.91 Å². The van der Waals surface area contributed by atoms with Gasteiger partial charge in [-0.2, -0.15) is 18.3 Å². The number of primary amides is 1. The summed E-state index contributed by atoms with van der Waals surface area (Å²) in [4.78, 5) is 29.8. The highest BCUT2D eigenvalue weighted by Crippen LogP contribution is 2.48. The highest BCUT2D eigenvalue weighted by atomic mass is 35.5. The Labute approximate surface area is 258 Å². The second-order valence-corrected chi connectivity index (χ2v) is 11.8. The van der Waals surface area contributed by atoms with Crippen molar-refractivity contribution in [2.45, 2.75) is 42.9 Å². The van der Waals surface area contributed by atoms with Crippen LogP contribution in [0.25, 0.3) is 16.8 Å². The van der Waals surface area contributed by atoms with Crippen molar-refractivity contribution in [2.24, 2.45) is 5.73 Å². The molecule has 3 aromatic heterocycles. The first-order chi connectivity index (χ1) is 21.2. The van der Waals surface area contributed by atoms with Gasteiger partial charge >= 0.3 is 6.18 Å². The smallest absolute Gasteiger partial charge is 0.424 e. The summed E-state index contributed by atoms with van der Waals surface area (Å²) in [5.41, 5.74) is 0.119. The van der Waals surface area contributed by atoms with Crippen LogP contribution in [0, 0.1) is 5.82 Å². The molecular weight excluding hydrogens is 622 g/mol. The lowest BCUT2D eigenvalue weighted by Gasteiger charge is -2.31. The first-order valence-corrected chi connectivity index (χ1v) is 14.1. The molecule has 0 spiro atoms. The Balaban J connectivity index is 1.41. The quantitative estimate of drug-likeness (QED) is 0.241. The van der Waals surface area contributed by atoms with Crippen LogP contribution in [-0.2, 0) is 15.8 Å². The van der Waals surface area contributed by atoms with Crippen LogP contribution in [0.15, 0.2) is 42.5 Å². The highest BCUT2D eigenvalue weighted by molar-refractivity contribution is 6.33. The third-order valence-corrected chi connectivity index (χ3v) is 8.53. The zero-order valence-corrected chi connectivity index (χ0v) is 24.6. The first-order valence-electron chi connectivity index (χ1n) is 13.8. The number of nitrogens with zero attached hydrogens (tertiary/aromatic N) is 3. The standard InChI is InChI=1S/C30H26ClF4N5O5/c1-28(27(36)42)13-45-25-19(28)11-22(38-24(25)18-6-5-16(32)9-20(18)31)29(43,30(33,34)35)12-37-26(41)15-7-17-10-21(14-3-4-14)39-40(17)23(8-15)44-2/h5-11,14,43H,3-4,12-13H2,1-2H3,(H2,36,42)(H,37,41)/t28-,29?/m0/s1. The van der Waals surface area contributed by atoms with Crippen LogP contribution in [0.3, 0.4) is 0 Å². The lowest BCUT2D eigenvalue weighted by Crippen LogP contribution is -2.51. The molecule has 2 atom stereocenters. The molecule has 1 fully saturated rings. The molecular formula is C30H26ClF4N5O5. The van der Waals surface area contributed by atoms with Gasteiger partial charge in [-0.05, 0) is 56.2 Å². The average molecular weight is 648 g/mol. The van der Waals surface area contributed by atoms with Gasteiger partial charge in [-0.1, -0.05) is 11.6 Å². The Morgan fingerprint density at radius 3 is 2.58 bits per heavy atom. The number of pyridine rings is 2. The van der Waals surface area contributed by atoms with Crippen molar-refractivity contribution in [2.75, 3.05) is 20.3 Å². The van der Waals surface area contributed by atoms with Gasteiger partial charge in [0.15, 0.2) is 0 Å². The van der Waals surface area contributed by atoms with Gasteiger partial charge in [-0.3, -0.25) is 9.59 Å². The average Bonchev–Trinajstić information content (AvgIpc) is 3.65. The monoisotopic (exact) mass is 647 g/mol. The molecule has 0 radical (unpaired) electrons. The van der Waals surface area contributed by atoms with Crippen molar-refractivity contribution in [1.82, 2.24) is 19.9 Å². The van der Waals surface area contributed by atoms with Crippen LogP contribution in [0.5, 0.6) is 11.6 Å². The maximum atomic E-state index is 14.8. The molecule has 6 rings (SSSR count). The van der Waals surface area contributed by atoms with Crippen LogP contribution in [0.4, 0.5) is 17.6 Å². The number of carbonyl (C=O) groups excluding carboxylic acids is 2. The second-order valence-electron chi connectivity index (χ2n) is 11.3. The number of ether oxygens (including phenoxy) is 2. The number of hydrogen-bond acceptors (Lipinski definition) is 7. The molecule has 45 heavy (non-hydrogen) atoms. The molecule has 1 saturated carbocycles. The Kier molecular flexibility index (Phi) is 7.20. The van der Waals surface area contributed by atoms with E-state index in [9.17, 15) is 32.3 Å². The molecule has 4 heterocycles. The molecule has 4 aromatic rings. The normalized spacial score (nSPS) is 19.1. The molecule has 1 aliphatic heterocycles. The highest BCUT2D eigenvalue weighted by Gasteiger charge is 2.57. The van der Waals surface area contributed by atoms with E-state index in [1.54, 1.807) is 6.07 Å². The summed E-state index contributed by atoms with van der Waals surface area (Å²) in [7, 11) is 1.37. The Morgan fingerprint density at radius 2 is 1.96 bits per heavy atom. The maximum absolute atomic E-state index is 14.8. The number of nitrogens with two attached hydrogens (primary N) is 1. The van der Waals surface area contributed by atoms with Gasteiger partial charge in [-0.15, -0.1) is 0 Å². The van der Waals surface area contributed by atoms with Gasteiger partial charge < -0.3 is 25.6 Å². The van der Waals surface area contributed by atoms with Gasteiger partial charge in [0.05, 0.1) is 35.6 Å². The summed E-state index contributed by atoms with van der Waals surface area (Å²) in [6, 6.07) is 8.52. The van der Waals surface area contributed by atoms with E-state index >= 15 is 0 Å². The first kappa shape index (κ1) is 30.6. The van der Waals surface area contributed by atoms with Crippen LogP contribution in [0.2, 0.25) is 5.02 Å². The summed E-state index contributed by atoms with van der Waals surface area (Å²) < 4.78 is 70.6. The van der Waals surface area contributed by atoms with E-state index in [4.69, 9.17) is 26.8 Å². The van der Waals surface area contributed by atoms with Gasteiger partial charge in [0, 0.05) is 28.7 Å². The molecule has 1 aromatic carbocycles. The van der Waals surface area contributed by atoms with Crippen molar-refractivity contribution >= 4 is 28.9 Å². The molecule has 2 aliphatic rings. The summed E-state index contributed by atoms with van der Waals surface area (Å²) in [5.74, 6) is -2.20. The van der Waals surface area contributed by atoms with Crippen molar-refractivity contribution < 1.29 is 41.7 Å². The Morgan fingerprint density at radius 1 is 1.22 bits per heavy atom. The van der Waals surface area contributed by atoms with E-state index in [0.717, 1.165) is 36.7 Å². The molecule has 1 aliphatic carbocycles. The Bertz CT molecular complexity index is 1880. The van der Waals surface area contributed by atoms with E-state index in [1.807, 2.05) is 0 Å². The number of halogens is 5. The van der Waals surface area contributed by atoms with E-state index in [1.165, 1.54) is 36.7 Å². The van der Waals surface area contributed by atoms with E-state index in [0.29, 0.717) is 11.4 Å². The van der Waals surface area contributed by atoms with E-state index in [-0.39, 0.29) is 45.6 Å². The topological polar surface area (TPSA) is 141 Å². The summed E-state index contributed by atoms with van der Waals surface area (Å²) >= 11 is 6.23.